The molecule has 0 spiro atoms. The Hall–Kier alpha value is -0.970. The minimum atomic E-state index is -0.296. The lowest BCUT2D eigenvalue weighted by atomic mass is 10.1. The molecule has 2 aromatic heterocycles. The second kappa shape index (κ2) is 6.27. The zero-order valence-electron chi connectivity index (χ0n) is 9.99. The molecule has 2 aromatic rings. The molecule has 0 saturated heterocycles. The van der Waals surface area contributed by atoms with Crippen molar-refractivity contribution in [2.24, 2.45) is 0 Å². The molecule has 0 saturated carbocycles. The molecule has 0 aromatic carbocycles. The van der Waals surface area contributed by atoms with Crippen molar-refractivity contribution >= 4 is 22.9 Å². The Kier molecular flexibility index (Phi) is 4.69. The average Bonchev–Trinajstić information content (AvgIpc) is 2.78. The Morgan fingerprint density at radius 3 is 2.89 bits per heavy atom. The van der Waals surface area contributed by atoms with E-state index >= 15 is 0 Å². The Morgan fingerprint density at radius 1 is 1.44 bits per heavy atom. The molecule has 0 fully saturated rings. The fourth-order valence-electron chi connectivity index (χ4n) is 1.76. The first-order chi connectivity index (χ1) is 8.72. The molecule has 1 unspecified atom stereocenters. The van der Waals surface area contributed by atoms with Gasteiger partial charge in [-0.25, -0.2) is 4.39 Å². The van der Waals surface area contributed by atoms with Crippen molar-refractivity contribution in [2.75, 3.05) is 6.54 Å². The van der Waals surface area contributed by atoms with Crippen LogP contribution in [0.2, 0.25) is 4.34 Å². The first-order valence-electron chi connectivity index (χ1n) is 5.80. The number of nitrogens with one attached hydrogen (secondary N) is 1. The van der Waals surface area contributed by atoms with E-state index in [9.17, 15) is 4.39 Å². The highest BCUT2D eigenvalue weighted by Gasteiger charge is 2.18. The van der Waals surface area contributed by atoms with Gasteiger partial charge in [0.05, 0.1) is 16.6 Å². The van der Waals surface area contributed by atoms with Crippen LogP contribution in [-0.4, -0.2) is 11.5 Å². The minimum Gasteiger partial charge on any atom is -0.306 e. The lowest BCUT2D eigenvalue weighted by Gasteiger charge is -2.17. The van der Waals surface area contributed by atoms with Gasteiger partial charge < -0.3 is 5.32 Å². The predicted octanol–water partition coefficient (Wildman–Crippen LogP) is 4.02. The van der Waals surface area contributed by atoms with E-state index in [1.807, 2.05) is 12.1 Å². The third-order valence-electron chi connectivity index (χ3n) is 2.59. The van der Waals surface area contributed by atoms with Gasteiger partial charge in [-0.05, 0) is 31.2 Å². The van der Waals surface area contributed by atoms with E-state index < -0.39 is 0 Å². The van der Waals surface area contributed by atoms with Gasteiger partial charge in [0.25, 0.3) is 0 Å². The molecule has 0 aliphatic carbocycles. The largest absolute Gasteiger partial charge is 0.306 e. The molecule has 0 aliphatic rings. The maximum atomic E-state index is 13.8. The molecular weight excluding hydrogens is 271 g/mol. The summed E-state index contributed by atoms with van der Waals surface area (Å²) in [6, 6.07) is 5.31. The lowest BCUT2D eigenvalue weighted by Crippen LogP contribution is -2.23. The smallest absolute Gasteiger partial charge is 0.146 e. The quantitative estimate of drug-likeness (QED) is 0.897. The number of hydrogen-bond acceptors (Lipinski definition) is 3. The summed E-state index contributed by atoms with van der Waals surface area (Å²) in [6.45, 7) is 2.90. The Labute approximate surface area is 115 Å². The summed E-state index contributed by atoms with van der Waals surface area (Å²) in [7, 11) is 0. The molecule has 0 radical (unpaired) electrons. The first kappa shape index (κ1) is 13.5. The summed E-state index contributed by atoms with van der Waals surface area (Å²) in [5.74, 6) is -0.296. The summed E-state index contributed by atoms with van der Waals surface area (Å²) in [6.07, 6.45) is 3.84. The molecule has 5 heteroatoms. The van der Waals surface area contributed by atoms with Crippen molar-refractivity contribution in [3.63, 3.8) is 0 Å². The SMILES string of the molecule is CCCNC(c1ccc(Cl)s1)c1ccncc1F. The standard InChI is InChI=1S/C13H14ClFN2S/c1-2-6-17-13(11-3-4-12(14)18-11)9-5-7-16-8-10(9)15/h3-5,7-8,13,17H,2,6H2,1H3. The van der Waals surface area contributed by atoms with Crippen molar-refractivity contribution in [2.45, 2.75) is 19.4 Å². The summed E-state index contributed by atoms with van der Waals surface area (Å²) in [5, 5.41) is 3.34. The van der Waals surface area contributed by atoms with Crippen LogP contribution < -0.4 is 5.32 Å². The molecule has 2 heterocycles. The van der Waals surface area contributed by atoms with Gasteiger partial charge in [-0.15, -0.1) is 11.3 Å². The van der Waals surface area contributed by atoms with E-state index in [4.69, 9.17) is 11.6 Å². The molecule has 2 nitrogen and oxygen atoms in total. The van der Waals surface area contributed by atoms with Gasteiger partial charge in [0.2, 0.25) is 0 Å². The number of nitrogens with zero attached hydrogens (tertiary/aromatic N) is 1. The van der Waals surface area contributed by atoms with Gasteiger partial charge in [-0.1, -0.05) is 18.5 Å². The molecule has 96 valence electrons. The number of halogens is 2. The summed E-state index contributed by atoms with van der Waals surface area (Å²) >= 11 is 7.42. The number of thiophene rings is 1. The first-order valence-corrected chi connectivity index (χ1v) is 7.00. The lowest BCUT2D eigenvalue weighted by molar-refractivity contribution is 0.547. The maximum Gasteiger partial charge on any atom is 0.146 e. The van der Waals surface area contributed by atoms with Gasteiger partial charge >= 0.3 is 0 Å². The summed E-state index contributed by atoms with van der Waals surface area (Å²) in [5.41, 5.74) is 0.608. The summed E-state index contributed by atoms with van der Waals surface area (Å²) in [4.78, 5) is 4.79. The highest BCUT2D eigenvalue weighted by molar-refractivity contribution is 7.16. The topological polar surface area (TPSA) is 24.9 Å². The van der Waals surface area contributed by atoms with Gasteiger partial charge in [0, 0.05) is 16.6 Å². The zero-order valence-corrected chi connectivity index (χ0v) is 11.6. The van der Waals surface area contributed by atoms with Gasteiger partial charge in [-0.3, -0.25) is 4.98 Å². The second-order valence-electron chi connectivity index (χ2n) is 3.93. The minimum absolute atomic E-state index is 0.162. The van der Waals surface area contributed by atoms with E-state index in [1.54, 1.807) is 12.3 Å². The van der Waals surface area contributed by atoms with Crippen LogP contribution >= 0.6 is 22.9 Å². The van der Waals surface area contributed by atoms with Gasteiger partial charge in [-0.2, -0.15) is 0 Å². The molecule has 2 rings (SSSR count). The average molecular weight is 285 g/mol. The van der Waals surface area contributed by atoms with Crippen LogP contribution in [0.1, 0.15) is 29.8 Å². The van der Waals surface area contributed by atoms with Crippen molar-refractivity contribution < 1.29 is 4.39 Å². The van der Waals surface area contributed by atoms with Crippen LogP contribution in [-0.2, 0) is 0 Å². The Morgan fingerprint density at radius 2 is 2.28 bits per heavy atom. The van der Waals surface area contributed by atoms with Crippen LogP contribution in [0.4, 0.5) is 4.39 Å². The number of aromatic nitrogens is 1. The maximum absolute atomic E-state index is 13.8. The van der Waals surface area contributed by atoms with E-state index in [1.165, 1.54) is 17.5 Å². The van der Waals surface area contributed by atoms with Crippen molar-refractivity contribution in [1.82, 2.24) is 10.3 Å². The fraction of sp³-hybridized carbons (Fsp3) is 0.308. The number of pyridine rings is 1. The van der Waals surface area contributed by atoms with Crippen LogP contribution in [0, 0.1) is 5.82 Å². The van der Waals surface area contributed by atoms with Gasteiger partial charge in [0.15, 0.2) is 0 Å². The monoisotopic (exact) mass is 284 g/mol. The van der Waals surface area contributed by atoms with Crippen LogP contribution in [0.25, 0.3) is 0 Å². The second-order valence-corrected chi connectivity index (χ2v) is 5.67. The van der Waals surface area contributed by atoms with Crippen molar-refractivity contribution in [3.8, 4) is 0 Å². The van der Waals surface area contributed by atoms with Crippen molar-refractivity contribution in [1.29, 1.82) is 0 Å². The predicted molar refractivity (Wildman–Crippen MR) is 73.7 cm³/mol. The number of rotatable bonds is 5. The summed E-state index contributed by atoms with van der Waals surface area (Å²) < 4.78 is 14.5. The van der Waals surface area contributed by atoms with E-state index in [-0.39, 0.29) is 11.9 Å². The fourth-order valence-corrected chi connectivity index (χ4v) is 2.91. The zero-order chi connectivity index (χ0) is 13.0. The highest BCUT2D eigenvalue weighted by atomic mass is 35.5. The normalized spacial score (nSPS) is 12.6. The molecule has 0 bridgehead atoms. The van der Waals surface area contributed by atoms with Crippen molar-refractivity contribution in [3.05, 3.63) is 51.2 Å². The number of hydrogen-bond donors (Lipinski definition) is 1. The Balaban J connectivity index is 2.33. The third-order valence-corrected chi connectivity index (χ3v) is 3.89. The Bertz CT molecular complexity index is 515. The van der Waals surface area contributed by atoms with E-state index in [2.05, 4.69) is 17.2 Å². The molecular formula is C13H14ClFN2S. The van der Waals surface area contributed by atoms with Crippen LogP contribution in [0.5, 0.6) is 0 Å². The van der Waals surface area contributed by atoms with Gasteiger partial charge in [0.1, 0.15) is 5.82 Å². The van der Waals surface area contributed by atoms with Crippen LogP contribution in [0.3, 0.4) is 0 Å². The molecule has 1 N–H and O–H groups in total. The van der Waals surface area contributed by atoms with Crippen LogP contribution in [0.15, 0.2) is 30.6 Å². The van der Waals surface area contributed by atoms with E-state index in [0.717, 1.165) is 17.8 Å². The highest BCUT2D eigenvalue weighted by Crippen LogP contribution is 2.31. The molecule has 0 amide bonds. The molecule has 18 heavy (non-hydrogen) atoms. The van der Waals surface area contributed by atoms with E-state index in [0.29, 0.717) is 9.90 Å². The third kappa shape index (κ3) is 3.07. The molecule has 0 aliphatic heterocycles. The molecule has 1 atom stereocenters.